The summed E-state index contributed by atoms with van der Waals surface area (Å²) in [5.74, 6) is 1.74. The van der Waals surface area contributed by atoms with Crippen LogP contribution in [0.5, 0.6) is 0 Å². The topological polar surface area (TPSA) is 61.0 Å². The van der Waals surface area contributed by atoms with Crippen molar-refractivity contribution in [1.82, 2.24) is 9.97 Å². The highest BCUT2D eigenvalue weighted by Gasteiger charge is 2.12. The van der Waals surface area contributed by atoms with E-state index in [-0.39, 0.29) is 0 Å². The van der Waals surface area contributed by atoms with Gasteiger partial charge in [0.25, 0.3) is 0 Å². The zero-order chi connectivity index (χ0) is 13.3. The molecule has 98 valence electrons. The van der Waals surface area contributed by atoms with Gasteiger partial charge in [0.15, 0.2) is 5.82 Å². The molecule has 2 N–H and O–H groups in total. The molecular formula is C13H19N3OS. The maximum Gasteiger partial charge on any atom is 0.158 e. The summed E-state index contributed by atoms with van der Waals surface area (Å²) in [5, 5.41) is 0.991. The summed E-state index contributed by atoms with van der Waals surface area (Å²) < 4.78 is 5.55. The number of aryl methyl sites for hydroxylation is 2. The SMILES string of the molecule is Cc1sc2nc(COCC(C)C)nc(N)c2c1C. The molecule has 0 spiro atoms. The van der Waals surface area contributed by atoms with E-state index in [9.17, 15) is 0 Å². The van der Waals surface area contributed by atoms with Crippen LogP contribution < -0.4 is 5.73 Å². The second-order valence-corrected chi connectivity index (χ2v) is 6.10. The third-order valence-electron chi connectivity index (χ3n) is 2.79. The number of fused-ring (bicyclic) bond motifs is 1. The van der Waals surface area contributed by atoms with Crippen LogP contribution in [0.4, 0.5) is 5.82 Å². The van der Waals surface area contributed by atoms with E-state index in [1.807, 2.05) is 0 Å². The number of ether oxygens (including phenoxy) is 1. The Morgan fingerprint density at radius 2 is 2.00 bits per heavy atom. The average Bonchev–Trinajstić information content (AvgIpc) is 2.54. The van der Waals surface area contributed by atoms with Gasteiger partial charge in [-0.2, -0.15) is 0 Å². The maximum absolute atomic E-state index is 6.00. The molecule has 2 aromatic heterocycles. The van der Waals surface area contributed by atoms with Gasteiger partial charge in [0.05, 0.1) is 5.39 Å². The molecule has 0 aliphatic heterocycles. The predicted octanol–water partition coefficient (Wildman–Crippen LogP) is 3.06. The van der Waals surface area contributed by atoms with Crippen molar-refractivity contribution in [3.63, 3.8) is 0 Å². The molecule has 0 saturated carbocycles. The van der Waals surface area contributed by atoms with E-state index in [4.69, 9.17) is 10.5 Å². The first-order valence-corrected chi connectivity index (χ1v) is 6.90. The summed E-state index contributed by atoms with van der Waals surface area (Å²) in [4.78, 5) is 11.0. The summed E-state index contributed by atoms with van der Waals surface area (Å²) in [5.41, 5.74) is 7.19. The molecule has 2 rings (SSSR count). The summed E-state index contributed by atoms with van der Waals surface area (Å²) in [6.45, 7) is 9.51. The summed E-state index contributed by atoms with van der Waals surface area (Å²) in [7, 11) is 0. The molecule has 0 aliphatic rings. The van der Waals surface area contributed by atoms with Crippen LogP contribution in [-0.4, -0.2) is 16.6 Å². The first-order valence-electron chi connectivity index (χ1n) is 6.09. The number of hydrogen-bond donors (Lipinski definition) is 1. The van der Waals surface area contributed by atoms with Crippen molar-refractivity contribution < 1.29 is 4.74 Å². The minimum Gasteiger partial charge on any atom is -0.383 e. The molecule has 0 atom stereocenters. The van der Waals surface area contributed by atoms with Crippen LogP contribution in [0.3, 0.4) is 0 Å². The molecular weight excluding hydrogens is 246 g/mol. The van der Waals surface area contributed by atoms with Gasteiger partial charge in [0.1, 0.15) is 17.3 Å². The van der Waals surface area contributed by atoms with E-state index in [1.165, 1.54) is 10.4 Å². The number of anilines is 1. The smallest absolute Gasteiger partial charge is 0.158 e. The quantitative estimate of drug-likeness (QED) is 0.923. The van der Waals surface area contributed by atoms with Crippen molar-refractivity contribution in [3.8, 4) is 0 Å². The summed E-state index contributed by atoms with van der Waals surface area (Å²) in [6, 6.07) is 0. The highest BCUT2D eigenvalue weighted by molar-refractivity contribution is 7.18. The maximum atomic E-state index is 6.00. The van der Waals surface area contributed by atoms with Gasteiger partial charge in [-0.1, -0.05) is 13.8 Å². The van der Waals surface area contributed by atoms with E-state index in [2.05, 4.69) is 37.7 Å². The molecule has 0 bridgehead atoms. The normalized spacial score (nSPS) is 11.6. The van der Waals surface area contributed by atoms with Gasteiger partial charge in [-0.25, -0.2) is 9.97 Å². The Morgan fingerprint density at radius 1 is 1.28 bits per heavy atom. The molecule has 2 heterocycles. The van der Waals surface area contributed by atoms with Gasteiger partial charge in [-0.15, -0.1) is 11.3 Å². The molecule has 0 fully saturated rings. The molecule has 0 radical (unpaired) electrons. The van der Waals surface area contributed by atoms with Crippen molar-refractivity contribution in [2.75, 3.05) is 12.3 Å². The first kappa shape index (κ1) is 13.2. The van der Waals surface area contributed by atoms with Crippen molar-refractivity contribution in [1.29, 1.82) is 0 Å². The van der Waals surface area contributed by atoms with Crippen LogP contribution in [0.1, 0.15) is 30.1 Å². The van der Waals surface area contributed by atoms with Crippen LogP contribution in [0.25, 0.3) is 10.2 Å². The minimum absolute atomic E-state index is 0.425. The van der Waals surface area contributed by atoms with Crippen LogP contribution >= 0.6 is 11.3 Å². The second-order valence-electron chi connectivity index (χ2n) is 4.90. The number of nitrogens with zero attached hydrogens (tertiary/aromatic N) is 2. The van der Waals surface area contributed by atoms with Crippen LogP contribution in [0, 0.1) is 19.8 Å². The third-order valence-corrected chi connectivity index (χ3v) is 3.89. The van der Waals surface area contributed by atoms with Crippen LogP contribution in [-0.2, 0) is 11.3 Å². The molecule has 18 heavy (non-hydrogen) atoms. The zero-order valence-electron chi connectivity index (χ0n) is 11.3. The van der Waals surface area contributed by atoms with Gasteiger partial charge >= 0.3 is 0 Å². The van der Waals surface area contributed by atoms with E-state index >= 15 is 0 Å². The van der Waals surface area contributed by atoms with E-state index < -0.39 is 0 Å². The zero-order valence-corrected chi connectivity index (χ0v) is 12.1. The first-order chi connectivity index (χ1) is 8.49. The average molecular weight is 265 g/mol. The second kappa shape index (κ2) is 5.20. The standard InChI is InChI=1S/C13H19N3OS/c1-7(2)5-17-6-10-15-12(14)11-8(3)9(4)18-13(11)16-10/h7H,5-6H2,1-4H3,(H2,14,15,16). The van der Waals surface area contributed by atoms with Crippen molar-refractivity contribution in [2.45, 2.75) is 34.3 Å². The monoisotopic (exact) mass is 265 g/mol. The lowest BCUT2D eigenvalue weighted by molar-refractivity contribution is 0.0926. The molecule has 0 amide bonds. The van der Waals surface area contributed by atoms with Gasteiger partial charge in [-0.05, 0) is 25.3 Å². The number of thiophene rings is 1. The Morgan fingerprint density at radius 3 is 2.67 bits per heavy atom. The molecule has 2 aromatic rings. The molecule has 5 heteroatoms. The van der Waals surface area contributed by atoms with Gasteiger partial charge in [-0.3, -0.25) is 0 Å². The number of aromatic nitrogens is 2. The fraction of sp³-hybridized carbons (Fsp3) is 0.538. The van der Waals surface area contributed by atoms with Crippen LogP contribution in [0.2, 0.25) is 0 Å². The number of rotatable bonds is 4. The molecule has 0 unspecified atom stereocenters. The Balaban J connectivity index is 2.26. The Bertz CT molecular complexity index is 563. The van der Waals surface area contributed by atoms with E-state index in [0.717, 1.165) is 10.2 Å². The van der Waals surface area contributed by atoms with Gasteiger partial charge < -0.3 is 10.5 Å². The molecule has 0 saturated heterocycles. The van der Waals surface area contributed by atoms with E-state index in [0.29, 0.717) is 30.8 Å². The lowest BCUT2D eigenvalue weighted by atomic mass is 10.2. The highest BCUT2D eigenvalue weighted by Crippen LogP contribution is 2.31. The fourth-order valence-electron chi connectivity index (χ4n) is 1.78. The van der Waals surface area contributed by atoms with Crippen LogP contribution in [0.15, 0.2) is 0 Å². The van der Waals surface area contributed by atoms with Crippen molar-refractivity contribution in [2.24, 2.45) is 5.92 Å². The van der Waals surface area contributed by atoms with Gasteiger partial charge in [0, 0.05) is 11.5 Å². The Hall–Kier alpha value is -1.20. The van der Waals surface area contributed by atoms with Crippen molar-refractivity contribution in [3.05, 3.63) is 16.3 Å². The number of nitrogen functional groups attached to an aromatic ring is 1. The third kappa shape index (κ3) is 2.62. The molecule has 4 nitrogen and oxygen atoms in total. The van der Waals surface area contributed by atoms with E-state index in [1.54, 1.807) is 11.3 Å². The van der Waals surface area contributed by atoms with Crippen molar-refractivity contribution >= 4 is 27.4 Å². The Kier molecular flexibility index (Phi) is 3.82. The van der Waals surface area contributed by atoms with Gasteiger partial charge in [0.2, 0.25) is 0 Å². The number of hydrogen-bond acceptors (Lipinski definition) is 5. The Labute approximate surface area is 111 Å². The number of nitrogens with two attached hydrogens (primary N) is 1. The fourth-order valence-corrected chi connectivity index (χ4v) is 2.83. The lowest BCUT2D eigenvalue weighted by Gasteiger charge is -2.06. The summed E-state index contributed by atoms with van der Waals surface area (Å²) in [6.07, 6.45) is 0. The molecule has 0 aromatic carbocycles. The molecule has 0 aliphatic carbocycles. The largest absolute Gasteiger partial charge is 0.383 e. The predicted molar refractivity (Wildman–Crippen MR) is 75.8 cm³/mol. The highest BCUT2D eigenvalue weighted by atomic mass is 32.1. The lowest BCUT2D eigenvalue weighted by Crippen LogP contribution is -2.06. The minimum atomic E-state index is 0.425. The summed E-state index contributed by atoms with van der Waals surface area (Å²) >= 11 is 1.66.